The maximum Gasteiger partial charge on any atom is 0.271 e. The maximum atomic E-state index is 6.50. The fourth-order valence-electron chi connectivity index (χ4n) is 2.92. The molecule has 3 rings (SSSR count). The number of hydrogen-bond acceptors (Lipinski definition) is 7. The molecule has 0 aliphatic heterocycles. The van der Waals surface area contributed by atoms with E-state index in [9.17, 15) is 0 Å². The van der Waals surface area contributed by atoms with Gasteiger partial charge in [-0.05, 0) is 36.7 Å². The summed E-state index contributed by atoms with van der Waals surface area (Å²) in [7, 11) is 0. The Morgan fingerprint density at radius 3 is 3.10 bits per heavy atom. The van der Waals surface area contributed by atoms with Crippen molar-refractivity contribution >= 4 is 11.5 Å². The van der Waals surface area contributed by atoms with Crippen LogP contribution in [-0.2, 0) is 12.0 Å². The van der Waals surface area contributed by atoms with Crippen LogP contribution in [0.15, 0.2) is 4.52 Å². The highest BCUT2D eigenvalue weighted by molar-refractivity contribution is 7.09. The molecular formula is C13H19N5OS. The van der Waals surface area contributed by atoms with Crippen LogP contribution < -0.4 is 5.73 Å². The fraction of sp³-hybridized carbons (Fsp3) is 0.692. The monoisotopic (exact) mass is 293 g/mol. The summed E-state index contributed by atoms with van der Waals surface area (Å²) >= 11 is 1.29. The summed E-state index contributed by atoms with van der Waals surface area (Å²) in [5.74, 6) is 1.72. The van der Waals surface area contributed by atoms with Crippen molar-refractivity contribution in [2.75, 3.05) is 0 Å². The molecular weight excluding hydrogens is 274 g/mol. The molecule has 1 fully saturated rings. The molecule has 0 radical (unpaired) electrons. The van der Waals surface area contributed by atoms with Gasteiger partial charge in [0, 0.05) is 0 Å². The van der Waals surface area contributed by atoms with E-state index in [-0.39, 0.29) is 0 Å². The van der Waals surface area contributed by atoms with Gasteiger partial charge in [0.25, 0.3) is 5.89 Å². The van der Waals surface area contributed by atoms with Gasteiger partial charge in [-0.25, -0.2) is 0 Å². The molecule has 108 valence electrons. The van der Waals surface area contributed by atoms with E-state index in [1.54, 1.807) is 0 Å². The molecule has 2 heterocycles. The van der Waals surface area contributed by atoms with Crippen LogP contribution in [0.5, 0.6) is 0 Å². The van der Waals surface area contributed by atoms with Crippen LogP contribution in [0.4, 0.5) is 0 Å². The Hall–Kier alpha value is -1.34. The summed E-state index contributed by atoms with van der Waals surface area (Å²) in [6, 6.07) is 0. The van der Waals surface area contributed by atoms with Crippen LogP contribution in [0.2, 0.25) is 0 Å². The Kier molecular flexibility index (Phi) is 3.55. The van der Waals surface area contributed by atoms with Gasteiger partial charge in [0.05, 0.1) is 11.2 Å². The van der Waals surface area contributed by atoms with Crippen molar-refractivity contribution in [1.82, 2.24) is 19.7 Å². The molecule has 0 amide bonds. The van der Waals surface area contributed by atoms with Crippen molar-refractivity contribution in [2.45, 2.75) is 51.5 Å². The summed E-state index contributed by atoms with van der Waals surface area (Å²) in [6.07, 6.45) is 4.96. The molecule has 1 aliphatic carbocycles. The third-order valence-corrected chi connectivity index (χ3v) is 4.74. The molecule has 20 heavy (non-hydrogen) atoms. The number of aromatic nitrogens is 4. The predicted octanol–water partition coefficient (Wildman–Crippen LogP) is 2.51. The minimum absolute atomic E-state index is 0.454. The lowest BCUT2D eigenvalue weighted by molar-refractivity contribution is 0.222. The Labute approximate surface area is 121 Å². The van der Waals surface area contributed by atoms with Crippen LogP contribution in [0, 0.1) is 5.92 Å². The Balaban J connectivity index is 1.90. The average molecular weight is 293 g/mol. The number of hydrogen-bond donors (Lipinski definition) is 1. The summed E-state index contributed by atoms with van der Waals surface area (Å²) in [4.78, 5) is 5.38. The molecule has 0 bridgehead atoms. The van der Waals surface area contributed by atoms with Gasteiger partial charge in [0.1, 0.15) is 4.88 Å². The number of nitrogens with two attached hydrogens (primary N) is 1. The van der Waals surface area contributed by atoms with Crippen molar-refractivity contribution in [3.63, 3.8) is 0 Å². The van der Waals surface area contributed by atoms with Gasteiger partial charge in [-0.2, -0.15) is 4.98 Å². The average Bonchev–Trinajstić information content (AvgIpc) is 3.07. The largest absolute Gasteiger partial charge is 0.333 e. The van der Waals surface area contributed by atoms with Crippen molar-refractivity contribution in [2.24, 2.45) is 11.7 Å². The van der Waals surface area contributed by atoms with Gasteiger partial charge in [0.15, 0.2) is 5.82 Å². The second-order valence-corrected chi connectivity index (χ2v) is 6.44. The molecule has 2 aromatic rings. The normalized spacial score (nSPS) is 26.9. The van der Waals surface area contributed by atoms with E-state index in [1.165, 1.54) is 18.0 Å². The standard InChI is InChI=1S/C13H19N5OS/c1-3-9-10(20-18-16-9)11-15-12(17-19-11)13(14)6-4-5-8(2)7-13/h8H,3-7,14H2,1-2H3. The quantitative estimate of drug-likeness (QED) is 0.935. The third kappa shape index (κ3) is 2.35. The van der Waals surface area contributed by atoms with Gasteiger partial charge in [-0.15, -0.1) is 5.10 Å². The Morgan fingerprint density at radius 2 is 2.35 bits per heavy atom. The van der Waals surface area contributed by atoms with Crippen molar-refractivity contribution < 1.29 is 4.52 Å². The fourth-order valence-corrected chi connectivity index (χ4v) is 3.59. The zero-order valence-corrected chi connectivity index (χ0v) is 12.6. The number of rotatable bonds is 3. The lowest BCUT2D eigenvalue weighted by Gasteiger charge is -2.33. The van der Waals surface area contributed by atoms with Crippen LogP contribution >= 0.6 is 11.5 Å². The van der Waals surface area contributed by atoms with E-state index in [1.807, 2.05) is 6.92 Å². The summed E-state index contributed by atoms with van der Waals surface area (Å²) in [6.45, 7) is 4.26. The molecule has 7 heteroatoms. The molecule has 2 aromatic heterocycles. The first-order valence-corrected chi connectivity index (χ1v) is 7.84. The number of aryl methyl sites for hydroxylation is 1. The zero-order chi connectivity index (χ0) is 14.2. The third-order valence-electron chi connectivity index (χ3n) is 3.99. The summed E-state index contributed by atoms with van der Waals surface area (Å²) in [5.41, 5.74) is 6.94. The SMILES string of the molecule is CCc1nnsc1-c1nc(C2(N)CCCC(C)C2)no1. The molecule has 1 aliphatic rings. The van der Waals surface area contributed by atoms with Gasteiger partial charge in [-0.3, -0.25) is 0 Å². The van der Waals surface area contributed by atoms with Crippen LogP contribution in [0.3, 0.4) is 0 Å². The first-order valence-electron chi connectivity index (χ1n) is 7.07. The molecule has 6 nitrogen and oxygen atoms in total. The molecule has 2 atom stereocenters. The highest BCUT2D eigenvalue weighted by Crippen LogP contribution is 2.37. The lowest BCUT2D eigenvalue weighted by atomic mass is 9.76. The van der Waals surface area contributed by atoms with Crippen molar-refractivity contribution in [1.29, 1.82) is 0 Å². The smallest absolute Gasteiger partial charge is 0.271 e. The van der Waals surface area contributed by atoms with Crippen molar-refractivity contribution in [3.05, 3.63) is 11.5 Å². The van der Waals surface area contributed by atoms with Gasteiger partial charge >= 0.3 is 0 Å². The first-order chi connectivity index (χ1) is 9.62. The highest BCUT2D eigenvalue weighted by atomic mass is 32.1. The van der Waals surface area contributed by atoms with E-state index in [0.717, 1.165) is 36.3 Å². The molecule has 0 saturated heterocycles. The topological polar surface area (TPSA) is 90.7 Å². The summed E-state index contributed by atoms with van der Waals surface area (Å²) in [5, 5.41) is 8.19. The molecule has 2 unspecified atom stereocenters. The van der Waals surface area contributed by atoms with Crippen LogP contribution in [-0.4, -0.2) is 19.7 Å². The van der Waals surface area contributed by atoms with E-state index >= 15 is 0 Å². The van der Waals surface area contributed by atoms with E-state index in [0.29, 0.717) is 17.6 Å². The van der Waals surface area contributed by atoms with Crippen LogP contribution in [0.1, 0.15) is 51.0 Å². The van der Waals surface area contributed by atoms with Gasteiger partial charge in [0.2, 0.25) is 0 Å². The predicted molar refractivity (Wildman–Crippen MR) is 76.1 cm³/mol. The van der Waals surface area contributed by atoms with Crippen LogP contribution in [0.25, 0.3) is 10.8 Å². The zero-order valence-electron chi connectivity index (χ0n) is 11.8. The maximum absolute atomic E-state index is 6.50. The first kappa shape index (κ1) is 13.6. The van der Waals surface area contributed by atoms with E-state index < -0.39 is 5.54 Å². The van der Waals surface area contributed by atoms with Crippen molar-refractivity contribution in [3.8, 4) is 10.8 Å². The van der Waals surface area contributed by atoms with E-state index in [2.05, 4.69) is 26.7 Å². The second kappa shape index (κ2) is 5.21. The van der Waals surface area contributed by atoms with Gasteiger partial charge < -0.3 is 10.3 Å². The second-order valence-electron chi connectivity index (χ2n) is 5.68. The summed E-state index contributed by atoms with van der Waals surface area (Å²) < 4.78 is 9.35. The molecule has 0 spiro atoms. The highest BCUT2D eigenvalue weighted by Gasteiger charge is 2.37. The molecule has 1 saturated carbocycles. The minimum Gasteiger partial charge on any atom is -0.333 e. The minimum atomic E-state index is -0.454. The van der Waals surface area contributed by atoms with E-state index in [4.69, 9.17) is 10.3 Å². The lowest BCUT2D eigenvalue weighted by Crippen LogP contribution is -2.42. The van der Waals surface area contributed by atoms with Gasteiger partial charge in [-0.1, -0.05) is 36.3 Å². The molecule has 0 aromatic carbocycles. The Bertz CT molecular complexity index is 595. The number of nitrogens with zero attached hydrogens (tertiary/aromatic N) is 4. The Morgan fingerprint density at radius 1 is 1.50 bits per heavy atom. The molecule has 2 N–H and O–H groups in total.